The van der Waals surface area contributed by atoms with Crippen LogP contribution in [0.1, 0.15) is 11.4 Å². The van der Waals surface area contributed by atoms with Crippen LogP contribution >= 0.6 is 0 Å². The van der Waals surface area contributed by atoms with E-state index < -0.39 is 35.1 Å². The number of sulfonamides is 1. The van der Waals surface area contributed by atoms with Crippen LogP contribution in [0.2, 0.25) is 0 Å². The molecule has 2 N–H and O–H groups in total. The highest BCUT2D eigenvalue weighted by Crippen LogP contribution is 2.18. The van der Waals surface area contributed by atoms with Gasteiger partial charge in [-0.05, 0) is 13.8 Å². The lowest BCUT2D eigenvalue weighted by Crippen LogP contribution is -2.31. The number of hydrogen-bond donors (Lipinski definition) is 2. The van der Waals surface area contributed by atoms with Crippen molar-refractivity contribution in [1.82, 2.24) is 14.5 Å². The Morgan fingerprint density at radius 1 is 1.40 bits per heavy atom. The number of esters is 1. The van der Waals surface area contributed by atoms with E-state index in [1.54, 1.807) is 0 Å². The quantitative estimate of drug-likeness (QED) is 0.647. The molecule has 0 unspecified atom stereocenters. The predicted molar refractivity (Wildman–Crippen MR) is 66.5 cm³/mol. The first-order valence-corrected chi connectivity index (χ1v) is 6.99. The predicted octanol–water partition coefficient (Wildman–Crippen LogP) is -0.964. The SMILES string of the molecule is COC(=O)CNS(=O)(=O)c1c(C)nn(CC(=O)O)c1C. The van der Waals surface area contributed by atoms with Crippen molar-refractivity contribution in [2.24, 2.45) is 0 Å². The van der Waals surface area contributed by atoms with Gasteiger partial charge in [-0.3, -0.25) is 14.3 Å². The number of aryl methyl sites for hydroxylation is 1. The van der Waals surface area contributed by atoms with Gasteiger partial charge in [-0.25, -0.2) is 8.42 Å². The number of carbonyl (C=O) groups excluding carboxylic acids is 1. The number of hydrogen-bond acceptors (Lipinski definition) is 6. The van der Waals surface area contributed by atoms with E-state index in [4.69, 9.17) is 5.11 Å². The Balaban J connectivity index is 3.09. The van der Waals surface area contributed by atoms with E-state index in [0.29, 0.717) is 0 Å². The number of carboxylic acid groups (broad SMARTS) is 1. The number of nitrogens with zero attached hydrogens (tertiary/aromatic N) is 2. The van der Waals surface area contributed by atoms with Gasteiger partial charge in [0.2, 0.25) is 10.0 Å². The lowest BCUT2D eigenvalue weighted by Gasteiger charge is -2.06. The first-order valence-electron chi connectivity index (χ1n) is 5.51. The molecule has 0 saturated heterocycles. The van der Waals surface area contributed by atoms with Crippen molar-refractivity contribution in [3.8, 4) is 0 Å². The molecule has 112 valence electrons. The molecule has 0 bridgehead atoms. The van der Waals surface area contributed by atoms with Gasteiger partial charge in [-0.2, -0.15) is 9.82 Å². The van der Waals surface area contributed by atoms with Gasteiger partial charge in [0.05, 0.1) is 18.5 Å². The van der Waals surface area contributed by atoms with E-state index >= 15 is 0 Å². The van der Waals surface area contributed by atoms with Crippen molar-refractivity contribution in [3.63, 3.8) is 0 Å². The minimum atomic E-state index is -3.97. The molecule has 1 aromatic rings. The van der Waals surface area contributed by atoms with Crippen LogP contribution in [0.25, 0.3) is 0 Å². The summed E-state index contributed by atoms with van der Waals surface area (Å²) in [5, 5.41) is 12.6. The molecular weight excluding hydrogens is 290 g/mol. The van der Waals surface area contributed by atoms with Crippen LogP contribution in [-0.4, -0.2) is 48.9 Å². The minimum absolute atomic E-state index is 0.136. The molecule has 1 heterocycles. The first-order chi connectivity index (χ1) is 9.19. The second kappa shape index (κ2) is 6.01. The van der Waals surface area contributed by atoms with Gasteiger partial charge < -0.3 is 9.84 Å². The molecule has 0 aliphatic rings. The highest BCUT2D eigenvalue weighted by Gasteiger charge is 2.25. The van der Waals surface area contributed by atoms with Gasteiger partial charge in [0, 0.05) is 0 Å². The molecule has 0 saturated carbocycles. The van der Waals surface area contributed by atoms with Crippen LogP contribution < -0.4 is 4.72 Å². The summed E-state index contributed by atoms with van der Waals surface area (Å²) in [6.45, 7) is 1.93. The van der Waals surface area contributed by atoms with Gasteiger partial charge in [0.25, 0.3) is 0 Å². The summed E-state index contributed by atoms with van der Waals surface area (Å²) in [4.78, 5) is 21.5. The lowest BCUT2D eigenvalue weighted by atomic mass is 10.4. The molecule has 0 aromatic carbocycles. The van der Waals surface area contributed by atoms with Crippen molar-refractivity contribution >= 4 is 22.0 Å². The van der Waals surface area contributed by atoms with E-state index in [2.05, 4.69) is 14.6 Å². The molecule has 10 heteroatoms. The number of rotatable bonds is 6. The second-order valence-corrected chi connectivity index (χ2v) is 5.66. The summed E-state index contributed by atoms with van der Waals surface area (Å²) in [5.41, 5.74) is 0.336. The fraction of sp³-hybridized carbons (Fsp3) is 0.500. The Morgan fingerprint density at radius 2 is 2.00 bits per heavy atom. The largest absolute Gasteiger partial charge is 0.480 e. The van der Waals surface area contributed by atoms with Crippen LogP contribution in [0.3, 0.4) is 0 Å². The Hall–Kier alpha value is -1.94. The third-order valence-electron chi connectivity index (χ3n) is 2.50. The highest BCUT2D eigenvalue weighted by atomic mass is 32.2. The minimum Gasteiger partial charge on any atom is -0.480 e. The van der Waals surface area contributed by atoms with Crippen molar-refractivity contribution in [1.29, 1.82) is 0 Å². The van der Waals surface area contributed by atoms with Crippen LogP contribution in [0.15, 0.2) is 4.90 Å². The van der Waals surface area contributed by atoms with Gasteiger partial charge in [-0.15, -0.1) is 0 Å². The standard InChI is InChI=1S/C10H15N3O6S/c1-6-10(7(2)13(12-6)5-8(14)15)20(17,18)11-4-9(16)19-3/h11H,4-5H2,1-3H3,(H,14,15). The van der Waals surface area contributed by atoms with Crippen molar-refractivity contribution in [3.05, 3.63) is 11.4 Å². The molecular formula is C10H15N3O6S. The van der Waals surface area contributed by atoms with E-state index in [-0.39, 0.29) is 16.3 Å². The van der Waals surface area contributed by atoms with Gasteiger partial charge >= 0.3 is 11.9 Å². The number of aliphatic carboxylic acids is 1. The van der Waals surface area contributed by atoms with Crippen molar-refractivity contribution < 1.29 is 27.9 Å². The summed E-state index contributed by atoms with van der Waals surface area (Å²) >= 11 is 0. The fourth-order valence-corrected chi connectivity index (χ4v) is 3.03. The van der Waals surface area contributed by atoms with Crippen LogP contribution in [-0.2, 0) is 30.9 Å². The fourth-order valence-electron chi connectivity index (χ4n) is 1.65. The maximum atomic E-state index is 12.1. The molecule has 0 aliphatic heterocycles. The smallest absolute Gasteiger partial charge is 0.325 e. The Bertz CT molecular complexity index is 634. The molecule has 0 amide bonds. The maximum absolute atomic E-state index is 12.1. The average molecular weight is 305 g/mol. The number of methoxy groups -OCH3 is 1. The van der Waals surface area contributed by atoms with Crippen LogP contribution in [0.4, 0.5) is 0 Å². The number of nitrogens with one attached hydrogen (secondary N) is 1. The molecule has 20 heavy (non-hydrogen) atoms. The lowest BCUT2D eigenvalue weighted by molar-refractivity contribution is -0.139. The zero-order valence-electron chi connectivity index (χ0n) is 11.2. The zero-order valence-corrected chi connectivity index (χ0v) is 12.0. The monoisotopic (exact) mass is 305 g/mol. The normalized spacial score (nSPS) is 11.3. The number of aromatic nitrogens is 2. The van der Waals surface area contributed by atoms with E-state index in [9.17, 15) is 18.0 Å². The van der Waals surface area contributed by atoms with Crippen molar-refractivity contribution in [2.45, 2.75) is 25.3 Å². The Kier molecular flexibility index (Phi) is 4.84. The van der Waals surface area contributed by atoms with Crippen LogP contribution in [0, 0.1) is 13.8 Å². The Labute approximate surface area is 115 Å². The van der Waals surface area contributed by atoms with Gasteiger partial charge in [0.1, 0.15) is 18.0 Å². The first kappa shape index (κ1) is 16.1. The van der Waals surface area contributed by atoms with E-state index in [0.717, 1.165) is 11.8 Å². The highest BCUT2D eigenvalue weighted by molar-refractivity contribution is 7.89. The molecule has 1 aromatic heterocycles. The molecule has 0 radical (unpaired) electrons. The maximum Gasteiger partial charge on any atom is 0.325 e. The summed E-state index contributed by atoms with van der Waals surface area (Å²) in [6.07, 6.45) is 0. The number of carbonyl (C=O) groups is 2. The molecule has 0 aliphatic carbocycles. The van der Waals surface area contributed by atoms with E-state index in [1.807, 2.05) is 0 Å². The summed E-state index contributed by atoms with van der Waals surface area (Å²) < 4.78 is 31.6. The molecule has 9 nitrogen and oxygen atoms in total. The summed E-state index contributed by atoms with van der Waals surface area (Å²) in [7, 11) is -2.83. The van der Waals surface area contributed by atoms with Gasteiger partial charge in [0.15, 0.2) is 0 Å². The summed E-state index contributed by atoms with van der Waals surface area (Å²) in [6, 6.07) is 0. The molecule has 0 atom stereocenters. The molecule has 1 rings (SSSR count). The van der Waals surface area contributed by atoms with Crippen molar-refractivity contribution in [2.75, 3.05) is 13.7 Å². The number of carboxylic acids is 1. The van der Waals surface area contributed by atoms with E-state index in [1.165, 1.54) is 13.8 Å². The van der Waals surface area contributed by atoms with Gasteiger partial charge in [-0.1, -0.05) is 0 Å². The average Bonchev–Trinajstić information content (AvgIpc) is 2.61. The topological polar surface area (TPSA) is 128 Å². The van der Waals surface area contributed by atoms with Crippen LogP contribution in [0.5, 0.6) is 0 Å². The third kappa shape index (κ3) is 3.54. The Morgan fingerprint density at radius 3 is 2.50 bits per heavy atom. The third-order valence-corrected chi connectivity index (χ3v) is 4.16. The molecule has 0 fully saturated rings. The number of ether oxygens (including phenoxy) is 1. The molecule has 0 spiro atoms. The zero-order chi connectivity index (χ0) is 15.5. The summed E-state index contributed by atoms with van der Waals surface area (Å²) in [5.74, 6) is -1.87. The second-order valence-electron chi connectivity index (χ2n) is 3.95.